The van der Waals surface area contributed by atoms with Crippen LogP contribution in [0.3, 0.4) is 0 Å². The molecule has 0 bridgehead atoms. The van der Waals surface area contributed by atoms with Gasteiger partial charge >= 0.3 is 0 Å². The van der Waals surface area contributed by atoms with E-state index in [-0.39, 0.29) is 0 Å². The van der Waals surface area contributed by atoms with Crippen LogP contribution >= 0.6 is 11.3 Å². The molecule has 2 nitrogen and oxygen atoms in total. The van der Waals surface area contributed by atoms with Crippen LogP contribution in [0.5, 0.6) is 0 Å². The van der Waals surface area contributed by atoms with E-state index in [0.717, 1.165) is 0 Å². The molecule has 0 saturated carbocycles. The fourth-order valence-corrected chi connectivity index (χ4v) is 1.86. The largest absolute Gasteiger partial charge is 0.329 e. The molecule has 1 aromatic rings. The van der Waals surface area contributed by atoms with E-state index in [4.69, 9.17) is 5.73 Å². The first-order valence-corrected chi connectivity index (χ1v) is 5.11. The fourth-order valence-electron chi connectivity index (χ4n) is 1.11. The van der Waals surface area contributed by atoms with Crippen LogP contribution in [0.1, 0.15) is 24.8 Å². The van der Waals surface area contributed by atoms with Gasteiger partial charge in [-0.15, -0.1) is 11.3 Å². The molecule has 2 unspecified atom stereocenters. The Morgan fingerprint density at radius 3 is 2.83 bits per heavy atom. The quantitative estimate of drug-likeness (QED) is 0.748. The summed E-state index contributed by atoms with van der Waals surface area (Å²) < 4.78 is 0. The number of hydrogen-bond donors (Lipinski definition) is 2. The zero-order valence-corrected chi connectivity index (χ0v) is 8.40. The van der Waals surface area contributed by atoms with Crippen LogP contribution in [0.4, 0.5) is 0 Å². The summed E-state index contributed by atoms with van der Waals surface area (Å²) in [5, 5.41) is 5.52. The van der Waals surface area contributed by atoms with Crippen LogP contribution in [0.2, 0.25) is 0 Å². The van der Waals surface area contributed by atoms with Crippen molar-refractivity contribution >= 4 is 11.3 Å². The average molecular weight is 184 g/mol. The summed E-state index contributed by atoms with van der Waals surface area (Å²) in [6, 6.07) is 5.03. The van der Waals surface area contributed by atoms with Gasteiger partial charge < -0.3 is 11.1 Å². The molecule has 3 N–H and O–H groups in total. The minimum atomic E-state index is 0.391. The highest BCUT2D eigenvalue weighted by Crippen LogP contribution is 2.18. The first-order valence-electron chi connectivity index (χ1n) is 4.23. The molecule has 0 radical (unpaired) electrons. The number of thiophene rings is 1. The predicted octanol–water partition coefficient (Wildman–Crippen LogP) is 1.75. The molecule has 0 fully saturated rings. The summed E-state index contributed by atoms with van der Waals surface area (Å²) in [5.41, 5.74) is 5.51. The molecule has 0 aliphatic rings. The average Bonchev–Trinajstić information content (AvgIpc) is 2.56. The third kappa shape index (κ3) is 2.59. The van der Waals surface area contributed by atoms with Gasteiger partial charge in [0.1, 0.15) is 0 Å². The van der Waals surface area contributed by atoms with Crippen LogP contribution in [0.25, 0.3) is 0 Å². The van der Waals surface area contributed by atoms with Crippen molar-refractivity contribution in [3.8, 4) is 0 Å². The second-order valence-electron chi connectivity index (χ2n) is 3.04. The third-order valence-corrected chi connectivity index (χ3v) is 2.91. The van der Waals surface area contributed by atoms with Crippen LogP contribution in [-0.2, 0) is 0 Å². The van der Waals surface area contributed by atoms with Crippen molar-refractivity contribution in [3.63, 3.8) is 0 Å². The lowest BCUT2D eigenvalue weighted by molar-refractivity contribution is 0.490. The maximum absolute atomic E-state index is 5.51. The molecule has 1 rings (SSSR count). The second kappa shape index (κ2) is 4.60. The van der Waals surface area contributed by atoms with Gasteiger partial charge in [0.05, 0.1) is 0 Å². The highest BCUT2D eigenvalue weighted by atomic mass is 32.1. The van der Waals surface area contributed by atoms with Crippen LogP contribution < -0.4 is 11.1 Å². The SMILES string of the molecule is CC(CN)NC(C)c1cccs1. The molecule has 0 aliphatic carbocycles. The normalized spacial score (nSPS) is 15.9. The first kappa shape index (κ1) is 9.71. The van der Waals surface area contributed by atoms with Gasteiger partial charge in [0.15, 0.2) is 0 Å². The lowest BCUT2D eigenvalue weighted by Gasteiger charge is -2.17. The summed E-state index contributed by atoms with van der Waals surface area (Å²) in [5.74, 6) is 0. The van der Waals surface area contributed by atoms with Gasteiger partial charge in [-0.2, -0.15) is 0 Å². The van der Waals surface area contributed by atoms with Crippen molar-refractivity contribution in [1.82, 2.24) is 5.32 Å². The van der Waals surface area contributed by atoms with Crippen molar-refractivity contribution in [2.24, 2.45) is 5.73 Å². The molecular formula is C9H16N2S. The minimum absolute atomic E-state index is 0.391. The number of nitrogens with two attached hydrogens (primary N) is 1. The predicted molar refractivity (Wildman–Crippen MR) is 54.4 cm³/mol. The van der Waals surface area contributed by atoms with E-state index in [9.17, 15) is 0 Å². The van der Waals surface area contributed by atoms with E-state index in [0.29, 0.717) is 18.6 Å². The van der Waals surface area contributed by atoms with Gasteiger partial charge in [0, 0.05) is 23.5 Å². The highest BCUT2D eigenvalue weighted by Gasteiger charge is 2.07. The molecule has 0 saturated heterocycles. The molecular weight excluding hydrogens is 168 g/mol. The van der Waals surface area contributed by atoms with E-state index in [1.165, 1.54) is 4.88 Å². The third-order valence-electron chi connectivity index (χ3n) is 1.86. The lowest BCUT2D eigenvalue weighted by Crippen LogP contribution is -2.34. The Bertz CT molecular complexity index is 208. The Kier molecular flexibility index (Phi) is 3.72. The van der Waals surface area contributed by atoms with Crippen molar-refractivity contribution in [2.45, 2.75) is 25.9 Å². The summed E-state index contributed by atoms with van der Waals surface area (Å²) in [4.78, 5) is 1.37. The Labute approximate surface area is 77.8 Å². The smallest absolute Gasteiger partial charge is 0.0388 e. The van der Waals surface area contributed by atoms with Gasteiger partial charge in [0.2, 0.25) is 0 Å². The second-order valence-corrected chi connectivity index (χ2v) is 4.02. The molecule has 2 atom stereocenters. The first-order chi connectivity index (χ1) is 5.74. The van der Waals surface area contributed by atoms with Gasteiger partial charge in [-0.3, -0.25) is 0 Å². The zero-order chi connectivity index (χ0) is 8.97. The summed E-state index contributed by atoms with van der Waals surface area (Å²) >= 11 is 1.78. The monoisotopic (exact) mass is 184 g/mol. The summed E-state index contributed by atoms with van der Waals surface area (Å²) in [6.45, 7) is 4.96. The Morgan fingerprint density at radius 2 is 2.33 bits per heavy atom. The van der Waals surface area contributed by atoms with Crippen molar-refractivity contribution in [1.29, 1.82) is 0 Å². The number of hydrogen-bond acceptors (Lipinski definition) is 3. The summed E-state index contributed by atoms with van der Waals surface area (Å²) in [7, 11) is 0. The molecule has 1 heterocycles. The molecule has 0 amide bonds. The Balaban J connectivity index is 2.44. The van der Waals surface area contributed by atoms with E-state index in [1.807, 2.05) is 0 Å². The van der Waals surface area contributed by atoms with Gasteiger partial charge in [-0.05, 0) is 25.3 Å². The van der Waals surface area contributed by atoms with E-state index < -0.39 is 0 Å². The minimum Gasteiger partial charge on any atom is -0.329 e. The maximum atomic E-state index is 5.51. The molecule has 3 heteroatoms. The van der Waals surface area contributed by atoms with Crippen molar-refractivity contribution in [2.75, 3.05) is 6.54 Å². The Hall–Kier alpha value is -0.380. The molecule has 0 aromatic carbocycles. The standard InChI is InChI=1S/C9H16N2S/c1-7(6-10)11-8(2)9-4-3-5-12-9/h3-5,7-8,11H,6,10H2,1-2H3. The van der Waals surface area contributed by atoms with E-state index in [1.54, 1.807) is 11.3 Å². The van der Waals surface area contributed by atoms with Crippen molar-refractivity contribution < 1.29 is 0 Å². The maximum Gasteiger partial charge on any atom is 0.0388 e. The van der Waals surface area contributed by atoms with E-state index >= 15 is 0 Å². The van der Waals surface area contributed by atoms with Crippen molar-refractivity contribution in [3.05, 3.63) is 22.4 Å². The van der Waals surface area contributed by atoms with Gasteiger partial charge in [-0.1, -0.05) is 6.07 Å². The Morgan fingerprint density at radius 1 is 1.58 bits per heavy atom. The van der Waals surface area contributed by atoms with E-state index in [2.05, 4.69) is 36.7 Å². The molecule has 0 spiro atoms. The van der Waals surface area contributed by atoms with Gasteiger partial charge in [-0.25, -0.2) is 0 Å². The topological polar surface area (TPSA) is 38.0 Å². The molecule has 0 aliphatic heterocycles. The summed E-state index contributed by atoms with van der Waals surface area (Å²) in [6.07, 6.45) is 0. The fraction of sp³-hybridized carbons (Fsp3) is 0.556. The number of rotatable bonds is 4. The number of nitrogens with one attached hydrogen (secondary N) is 1. The lowest BCUT2D eigenvalue weighted by atomic mass is 10.2. The van der Waals surface area contributed by atoms with Crippen LogP contribution in [-0.4, -0.2) is 12.6 Å². The van der Waals surface area contributed by atoms with Crippen LogP contribution in [0.15, 0.2) is 17.5 Å². The van der Waals surface area contributed by atoms with Crippen LogP contribution in [0, 0.1) is 0 Å². The highest BCUT2D eigenvalue weighted by molar-refractivity contribution is 7.10. The molecule has 12 heavy (non-hydrogen) atoms. The molecule has 68 valence electrons. The molecule has 1 aromatic heterocycles. The zero-order valence-electron chi connectivity index (χ0n) is 7.58. The van der Waals surface area contributed by atoms with Gasteiger partial charge in [0.25, 0.3) is 0 Å².